The first-order valence-corrected chi connectivity index (χ1v) is 6.96. The maximum absolute atomic E-state index is 10.5. The summed E-state index contributed by atoms with van der Waals surface area (Å²) in [6.45, 7) is 5.61. The van der Waals surface area contributed by atoms with Gasteiger partial charge in [-0.2, -0.15) is 0 Å². The molecule has 0 aliphatic rings. The topological polar surface area (TPSA) is 57.5 Å². The third-order valence-corrected chi connectivity index (χ3v) is 3.55. The third-order valence-electron chi connectivity index (χ3n) is 3.55. The fourth-order valence-corrected chi connectivity index (χ4v) is 2.29. The molecule has 0 saturated heterocycles. The number of aliphatic carboxylic acids is 1. The van der Waals surface area contributed by atoms with Gasteiger partial charge in [0.15, 0.2) is 0 Å². The number of allylic oxidation sites excluding steroid dienone is 1. The maximum atomic E-state index is 10.5. The molecule has 0 fully saturated rings. The second-order valence-corrected chi connectivity index (χ2v) is 5.03. The normalized spacial score (nSPS) is 10.8. The molecule has 0 unspecified atom stereocenters. The molecule has 0 saturated carbocycles. The minimum Gasteiger partial charge on any atom is -0.507 e. The summed E-state index contributed by atoms with van der Waals surface area (Å²) in [4.78, 5) is 10.5. The van der Waals surface area contributed by atoms with E-state index < -0.39 is 5.97 Å². The molecule has 2 aromatic rings. The Balaban J connectivity index is 2.34. The van der Waals surface area contributed by atoms with Gasteiger partial charge in [0.2, 0.25) is 0 Å². The molecule has 2 aromatic carbocycles. The molecule has 0 bridgehead atoms. The molecule has 112 valence electrons. The summed E-state index contributed by atoms with van der Waals surface area (Å²) >= 11 is 0. The van der Waals surface area contributed by atoms with Crippen LogP contribution in [0.15, 0.2) is 55.1 Å². The van der Waals surface area contributed by atoms with Crippen LogP contribution in [0.1, 0.15) is 16.7 Å². The van der Waals surface area contributed by atoms with Crippen LogP contribution < -0.4 is 0 Å². The van der Waals surface area contributed by atoms with E-state index in [0.29, 0.717) is 0 Å². The molecule has 0 atom stereocenters. The molecule has 0 aliphatic carbocycles. The zero-order valence-corrected chi connectivity index (χ0v) is 12.4. The number of phenolic OH excluding ortho intramolecular Hbond substituents is 1. The van der Waals surface area contributed by atoms with Gasteiger partial charge >= 0.3 is 5.97 Å². The van der Waals surface area contributed by atoms with Crippen molar-refractivity contribution in [3.05, 3.63) is 71.8 Å². The molecule has 2 rings (SSSR count). The van der Waals surface area contributed by atoms with E-state index in [0.717, 1.165) is 40.3 Å². The Bertz CT molecular complexity index is 725. The van der Waals surface area contributed by atoms with E-state index in [2.05, 4.69) is 6.58 Å². The summed E-state index contributed by atoms with van der Waals surface area (Å²) in [5.74, 6) is -0.705. The van der Waals surface area contributed by atoms with Crippen LogP contribution >= 0.6 is 0 Å². The van der Waals surface area contributed by atoms with Crippen LogP contribution in [0.25, 0.3) is 17.2 Å². The monoisotopic (exact) mass is 294 g/mol. The molecule has 2 N–H and O–H groups in total. The standard InChI is InChI=1S/C19H18O3/c1-3-4-15-10-11-17(19(22)13(15)2)16-8-5-14(6-9-16)7-12-18(20)21/h3,5-12,22H,1,4H2,2H3,(H,20,21)/b12-7+. The van der Waals surface area contributed by atoms with Crippen molar-refractivity contribution in [2.24, 2.45) is 0 Å². The second-order valence-electron chi connectivity index (χ2n) is 5.03. The molecule has 0 radical (unpaired) electrons. The Kier molecular flexibility index (Phi) is 4.79. The second kappa shape index (κ2) is 6.76. The first-order chi connectivity index (χ1) is 10.5. The summed E-state index contributed by atoms with van der Waals surface area (Å²) in [5.41, 5.74) is 4.35. The molecule has 0 amide bonds. The van der Waals surface area contributed by atoms with E-state index in [9.17, 15) is 9.90 Å². The molecule has 0 spiro atoms. The van der Waals surface area contributed by atoms with Crippen molar-refractivity contribution in [3.8, 4) is 16.9 Å². The highest BCUT2D eigenvalue weighted by Crippen LogP contribution is 2.34. The van der Waals surface area contributed by atoms with Crippen molar-refractivity contribution in [3.63, 3.8) is 0 Å². The summed E-state index contributed by atoms with van der Waals surface area (Å²) in [7, 11) is 0. The van der Waals surface area contributed by atoms with Gasteiger partial charge in [-0.1, -0.05) is 42.5 Å². The number of phenols is 1. The van der Waals surface area contributed by atoms with Gasteiger partial charge in [0.1, 0.15) is 5.75 Å². The van der Waals surface area contributed by atoms with Crippen LogP contribution in [0, 0.1) is 6.92 Å². The zero-order chi connectivity index (χ0) is 16.1. The van der Waals surface area contributed by atoms with Crippen LogP contribution in [0.2, 0.25) is 0 Å². The first-order valence-electron chi connectivity index (χ1n) is 6.96. The van der Waals surface area contributed by atoms with Crippen molar-refractivity contribution in [2.75, 3.05) is 0 Å². The predicted octanol–water partition coefficient (Wildman–Crippen LogP) is 4.19. The minimum atomic E-state index is -0.977. The number of carboxylic acids is 1. The van der Waals surface area contributed by atoms with E-state index >= 15 is 0 Å². The van der Waals surface area contributed by atoms with Gasteiger partial charge in [0, 0.05) is 11.6 Å². The number of benzene rings is 2. The van der Waals surface area contributed by atoms with Crippen LogP contribution in [0.3, 0.4) is 0 Å². The van der Waals surface area contributed by atoms with Gasteiger partial charge in [-0.25, -0.2) is 4.79 Å². The highest BCUT2D eigenvalue weighted by atomic mass is 16.4. The van der Waals surface area contributed by atoms with Crippen molar-refractivity contribution in [1.82, 2.24) is 0 Å². The van der Waals surface area contributed by atoms with Crippen LogP contribution in [-0.4, -0.2) is 16.2 Å². The molecule has 0 aliphatic heterocycles. The van der Waals surface area contributed by atoms with Crippen molar-refractivity contribution in [2.45, 2.75) is 13.3 Å². The Hall–Kier alpha value is -2.81. The molecule has 3 heteroatoms. The van der Waals surface area contributed by atoms with E-state index in [1.807, 2.05) is 49.4 Å². The van der Waals surface area contributed by atoms with Gasteiger partial charge in [-0.05, 0) is 41.7 Å². The third kappa shape index (κ3) is 3.44. The number of carbonyl (C=O) groups is 1. The fourth-order valence-electron chi connectivity index (χ4n) is 2.29. The highest BCUT2D eigenvalue weighted by Gasteiger charge is 2.09. The lowest BCUT2D eigenvalue weighted by Gasteiger charge is -2.11. The van der Waals surface area contributed by atoms with Crippen molar-refractivity contribution < 1.29 is 15.0 Å². The molecular weight excluding hydrogens is 276 g/mol. The van der Waals surface area contributed by atoms with Crippen molar-refractivity contribution >= 4 is 12.0 Å². The molecule has 3 nitrogen and oxygen atoms in total. The molecule has 0 heterocycles. The van der Waals surface area contributed by atoms with E-state index in [-0.39, 0.29) is 5.75 Å². The average molecular weight is 294 g/mol. The van der Waals surface area contributed by atoms with Gasteiger partial charge in [0.25, 0.3) is 0 Å². The lowest BCUT2D eigenvalue weighted by molar-refractivity contribution is -0.131. The number of carboxylic acid groups (broad SMARTS) is 1. The summed E-state index contributed by atoms with van der Waals surface area (Å²) in [6.07, 6.45) is 5.16. The summed E-state index contributed by atoms with van der Waals surface area (Å²) in [6, 6.07) is 11.3. The van der Waals surface area contributed by atoms with Crippen LogP contribution in [-0.2, 0) is 11.2 Å². The number of aromatic hydroxyl groups is 1. The van der Waals surface area contributed by atoms with Crippen LogP contribution in [0.5, 0.6) is 5.75 Å². The van der Waals surface area contributed by atoms with Gasteiger partial charge < -0.3 is 10.2 Å². The maximum Gasteiger partial charge on any atom is 0.328 e. The van der Waals surface area contributed by atoms with Gasteiger partial charge in [-0.15, -0.1) is 6.58 Å². The SMILES string of the molecule is C=CCc1ccc(-c2ccc(/C=C/C(=O)O)cc2)c(O)c1C. The minimum absolute atomic E-state index is 0.271. The van der Waals surface area contributed by atoms with Crippen LogP contribution in [0.4, 0.5) is 0 Å². The number of hydrogen-bond donors (Lipinski definition) is 2. The lowest BCUT2D eigenvalue weighted by Crippen LogP contribution is -1.90. The Morgan fingerprint density at radius 1 is 1.18 bits per heavy atom. The summed E-state index contributed by atoms with van der Waals surface area (Å²) < 4.78 is 0. The Morgan fingerprint density at radius 2 is 1.86 bits per heavy atom. The Morgan fingerprint density at radius 3 is 2.45 bits per heavy atom. The van der Waals surface area contributed by atoms with Gasteiger partial charge in [-0.3, -0.25) is 0 Å². The average Bonchev–Trinajstić information content (AvgIpc) is 2.51. The molecular formula is C19H18O3. The number of rotatable bonds is 5. The molecule has 22 heavy (non-hydrogen) atoms. The largest absolute Gasteiger partial charge is 0.507 e. The van der Waals surface area contributed by atoms with E-state index in [1.165, 1.54) is 6.08 Å². The Labute approximate surface area is 129 Å². The fraction of sp³-hybridized carbons (Fsp3) is 0.105. The van der Waals surface area contributed by atoms with Crippen molar-refractivity contribution in [1.29, 1.82) is 0 Å². The number of hydrogen-bond acceptors (Lipinski definition) is 2. The quantitative estimate of drug-likeness (QED) is 0.642. The van der Waals surface area contributed by atoms with E-state index in [4.69, 9.17) is 5.11 Å². The summed E-state index contributed by atoms with van der Waals surface area (Å²) in [5, 5.41) is 19.0. The van der Waals surface area contributed by atoms with E-state index in [1.54, 1.807) is 0 Å². The highest BCUT2D eigenvalue weighted by molar-refractivity contribution is 5.85. The smallest absolute Gasteiger partial charge is 0.328 e. The molecule has 0 aromatic heterocycles. The van der Waals surface area contributed by atoms with Gasteiger partial charge in [0.05, 0.1) is 0 Å². The first kappa shape index (κ1) is 15.6. The zero-order valence-electron chi connectivity index (χ0n) is 12.4. The predicted molar refractivity (Wildman–Crippen MR) is 88.9 cm³/mol. The lowest BCUT2D eigenvalue weighted by atomic mass is 9.96.